The molecule has 3 aromatic heterocycles. The maximum absolute atomic E-state index is 13.2. The third kappa shape index (κ3) is 5.24. The van der Waals surface area contributed by atoms with Crippen LogP contribution in [0.2, 0.25) is 0 Å². The number of aryl methyl sites for hydroxylation is 1. The van der Waals surface area contributed by atoms with Crippen molar-refractivity contribution in [2.24, 2.45) is 5.41 Å². The molecule has 1 atom stereocenters. The van der Waals surface area contributed by atoms with Crippen LogP contribution in [0.15, 0.2) is 30.6 Å². The number of halogens is 3. The number of methoxy groups -OCH3 is 1. The highest BCUT2D eigenvalue weighted by atomic mass is 32.1. The molecule has 0 unspecified atom stereocenters. The molecule has 0 amide bonds. The van der Waals surface area contributed by atoms with Gasteiger partial charge in [0.2, 0.25) is 0 Å². The highest BCUT2D eigenvalue weighted by Crippen LogP contribution is 2.43. The zero-order valence-corrected chi connectivity index (χ0v) is 23.6. The van der Waals surface area contributed by atoms with Crippen molar-refractivity contribution in [3.05, 3.63) is 52.3 Å². The van der Waals surface area contributed by atoms with E-state index in [-0.39, 0.29) is 23.5 Å². The van der Waals surface area contributed by atoms with Crippen LogP contribution in [0, 0.1) is 23.7 Å². The Labute approximate surface area is 238 Å². The van der Waals surface area contributed by atoms with E-state index in [0.29, 0.717) is 17.4 Å². The lowest BCUT2D eigenvalue weighted by molar-refractivity contribution is -0.140. The third-order valence-corrected chi connectivity index (χ3v) is 9.52. The van der Waals surface area contributed by atoms with Gasteiger partial charge in [-0.1, -0.05) is 6.07 Å². The number of nitrogens with zero attached hydrogens (tertiary/aromatic N) is 6. The van der Waals surface area contributed by atoms with E-state index in [1.165, 1.54) is 18.4 Å². The Hall–Kier alpha value is -3.69. The third-order valence-electron chi connectivity index (χ3n) is 8.47. The molecule has 41 heavy (non-hydrogen) atoms. The molecule has 5 heterocycles. The standard InChI is InChI=1S/C29H29F3N6O2S/c1-18-19(3-4-24-22(18)9-20(12-33)38(24)16-29(30,31)32)13-36-7-5-28(14-36)6-8-37(15-28)26-23-10-21(11-25(39)40-2)41-27(23)35-17-34-26/h3-4,9-10,17H,5-8,11,13-16H2,1-2H3/t28-/m1/s1. The summed E-state index contributed by atoms with van der Waals surface area (Å²) >= 11 is 1.49. The molecule has 2 saturated heterocycles. The molecule has 2 aliphatic rings. The van der Waals surface area contributed by atoms with Crippen LogP contribution >= 0.6 is 11.3 Å². The largest absolute Gasteiger partial charge is 0.469 e. The van der Waals surface area contributed by atoms with Crippen molar-refractivity contribution in [1.82, 2.24) is 19.4 Å². The van der Waals surface area contributed by atoms with Gasteiger partial charge in [-0.15, -0.1) is 11.3 Å². The normalized spacial score (nSPS) is 19.6. The maximum atomic E-state index is 13.2. The molecule has 0 aliphatic carbocycles. The predicted octanol–water partition coefficient (Wildman–Crippen LogP) is 5.21. The van der Waals surface area contributed by atoms with Crippen LogP contribution in [-0.2, 0) is 29.0 Å². The summed E-state index contributed by atoms with van der Waals surface area (Å²) in [4.78, 5) is 27.3. The number of esters is 1. The number of carbonyl (C=O) groups is 1. The molecule has 214 valence electrons. The van der Waals surface area contributed by atoms with Crippen LogP contribution < -0.4 is 4.90 Å². The average Bonchev–Trinajstić information content (AvgIpc) is 3.71. The molecule has 2 fully saturated rings. The number of hydrogen-bond acceptors (Lipinski definition) is 8. The molecule has 0 radical (unpaired) electrons. The Morgan fingerprint density at radius 2 is 1.98 bits per heavy atom. The first kappa shape index (κ1) is 27.5. The van der Waals surface area contributed by atoms with Gasteiger partial charge in [0.05, 0.1) is 18.9 Å². The first-order chi connectivity index (χ1) is 19.6. The van der Waals surface area contributed by atoms with Crippen LogP contribution in [-0.4, -0.2) is 64.9 Å². The number of nitriles is 1. The van der Waals surface area contributed by atoms with Crippen molar-refractivity contribution < 1.29 is 22.7 Å². The van der Waals surface area contributed by atoms with E-state index in [1.807, 2.05) is 25.1 Å². The second-order valence-electron chi connectivity index (χ2n) is 11.1. The quantitative estimate of drug-likeness (QED) is 0.289. The molecule has 0 bridgehead atoms. The summed E-state index contributed by atoms with van der Waals surface area (Å²) in [5.41, 5.74) is 2.56. The minimum atomic E-state index is -4.41. The topological polar surface area (TPSA) is 87.3 Å². The molecule has 6 rings (SSSR count). The molecule has 4 aromatic rings. The van der Waals surface area contributed by atoms with Gasteiger partial charge in [0.1, 0.15) is 35.3 Å². The number of carbonyl (C=O) groups excluding carboxylic acids is 1. The van der Waals surface area contributed by atoms with Gasteiger partial charge in [0.25, 0.3) is 0 Å². The first-order valence-corrected chi connectivity index (χ1v) is 14.3. The van der Waals surface area contributed by atoms with Gasteiger partial charge < -0.3 is 14.2 Å². The van der Waals surface area contributed by atoms with Gasteiger partial charge in [-0.2, -0.15) is 18.4 Å². The number of fused-ring (bicyclic) bond motifs is 2. The van der Waals surface area contributed by atoms with Crippen LogP contribution in [0.3, 0.4) is 0 Å². The van der Waals surface area contributed by atoms with E-state index in [9.17, 15) is 23.2 Å². The van der Waals surface area contributed by atoms with E-state index in [1.54, 1.807) is 18.5 Å². The number of ether oxygens (including phenoxy) is 1. The minimum absolute atomic E-state index is 0.0191. The Morgan fingerprint density at radius 1 is 1.17 bits per heavy atom. The zero-order chi connectivity index (χ0) is 28.9. The fraction of sp³-hybridized carbons (Fsp3) is 0.448. The van der Waals surface area contributed by atoms with E-state index < -0.39 is 12.7 Å². The summed E-state index contributed by atoms with van der Waals surface area (Å²) in [6, 6.07) is 9.10. The van der Waals surface area contributed by atoms with Gasteiger partial charge in [-0.05, 0) is 55.6 Å². The average molecular weight is 583 g/mol. The molecule has 8 nitrogen and oxygen atoms in total. The number of rotatable bonds is 6. The Bertz CT molecular complexity index is 1690. The fourth-order valence-corrected chi connectivity index (χ4v) is 7.41. The number of thiophene rings is 1. The van der Waals surface area contributed by atoms with Crippen LogP contribution in [0.5, 0.6) is 0 Å². The van der Waals surface area contributed by atoms with E-state index in [0.717, 1.165) is 75.6 Å². The molecule has 1 aromatic carbocycles. The molecular formula is C29H29F3N6O2S. The number of anilines is 1. The second kappa shape index (κ2) is 10.3. The summed E-state index contributed by atoms with van der Waals surface area (Å²) in [7, 11) is 1.38. The molecule has 2 aliphatic heterocycles. The van der Waals surface area contributed by atoms with Crippen LogP contribution in [0.4, 0.5) is 19.0 Å². The Morgan fingerprint density at radius 3 is 2.73 bits per heavy atom. The van der Waals surface area contributed by atoms with Gasteiger partial charge in [-0.25, -0.2) is 9.97 Å². The number of likely N-dealkylation sites (tertiary alicyclic amines) is 1. The molecule has 1 spiro atoms. The lowest BCUT2D eigenvalue weighted by Crippen LogP contribution is -2.31. The highest BCUT2D eigenvalue weighted by molar-refractivity contribution is 7.18. The van der Waals surface area contributed by atoms with Crippen LogP contribution in [0.1, 0.15) is 34.5 Å². The fourth-order valence-electron chi connectivity index (χ4n) is 6.43. The molecule has 0 saturated carbocycles. The Balaban J connectivity index is 1.18. The van der Waals surface area contributed by atoms with Gasteiger partial charge in [0, 0.05) is 47.4 Å². The van der Waals surface area contributed by atoms with Crippen molar-refractivity contribution >= 4 is 44.2 Å². The van der Waals surface area contributed by atoms with Crippen molar-refractivity contribution in [1.29, 1.82) is 5.26 Å². The van der Waals surface area contributed by atoms with Gasteiger partial charge in [-0.3, -0.25) is 9.69 Å². The summed E-state index contributed by atoms with van der Waals surface area (Å²) in [6.45, 7) is 5.07. The van der Waals surface area contributed by atoms with Crippen molar-refractivity contribution in [3.8, 4) is 6.07 Å². The van der Waals surface area contributed by atoms with Gasteiger partial charge >= 0.3 is 12.1 Å². The van der Waals surface area contributed by atoms with E-state index >= 15 is 0 Å². The smallest absolute Gasteiger partial charge is 0.406 e. The number of aromatic nitrogens is 3. The van der Waals surface area contributed by atoms with Gasteiger partial charge in [0.15, 0.2) is 0 Å². The number of hydrogen-bond donors (Lipinski definition) is 0. The van der Waals surface area contributed by atoms with Crippen molar-refractivity contribution in [2.75, 3.05) is 38.2 Å². The lowest BCUT2D eigenvalue weighted by Gasteiger charge is -2.25. The summed E-state index contributed by atoms with van der Waals surface area (Å²) in [5, 5.41) is 11.1. The minimum Gasteiger partial charge on any atom is -0.469 e. The number of benzene rings is 1. The second-order valence-corrected chi connectivity index (χ2v) is 12.3. The predicted molar refractivity (Wildman–Crippen MR) is 150 cm³/mol. The summed E-state index contributed by atoms with van der Waals surface area (Å²) in [5.74, 6) is 0.617. The Kier molecular flexibility index (Phi) is 6.90. The maximum Gasteiger partial charge on any atom is 0.406 e. The number of alkyl halides is 3. The molecule has 0 N–H and O–H groups in total. The summed E-state index contributed by atoms with van der Waals surface area (Å²) in [6.07, 6.45) is -0.517. The lowest BCUT2D eigenvalue weighted by atomic mass is 9.86. The van der Waals surface area contributed by atoms with E-state index in [4.69, 9.17) is 4.74 Å². The SMILES string of the molecule is COC(=O)Cc1cc2c(N3CC[C@@]4(CCN(Cc5ccc6c(cc(C#N)n6CC(F)(F)F)c5C)C4)C3)ncnc2s1. The van der Waals surface area contributed by atoms with E-state index in [2.05, 4.69) is 19.8 Å². The monoisotopic (exact) mass is 582 g/mol. The summed E-state index contributed by atoms with van der Waals surface area (Å²) < 4.78 is 45.4. The van der Waals surface area contributed by atoms with Crippen molar-refractivity contribution in [3.63, 3.8) is 0 Å². The highest BCUT2D eigenvalue weighted by Gasteiger charge is 2.44. The molecular weight excluding hydrogens is 553 g/mol. The first-order valence-electron chi connectivity index (χ1n) is 13.4. The van der Waals surface area contributed by atoms with Crippen molar-refractivity contribution in [2.45, 2.75) is 45.5 Å². The van der Waals surface area contributed by atoms with Crippen LogP contribution in [0.25, 0.3) is 21.1 Å². The molecule has 12 heteroatoms. The zero-order valence-electron chi connectivity index (χ0n) is 22.8.